The summed E-state index contributed by atoms with van der Waals surface area (Å²) < 4.78 is 60.7. The maximum atomic E-state index is 14.1. The Kier molecular flexibility index (Phi) is 9.19. The first-order chi connectivity index (χ1) is 20.6. The van der Waals surface area contributed by atoms with Gasteiger partial charge in [-0.1, -0.05) is 13.0 Å². The van der Waals surface area contributed by atoms with E-state index in [1.54, 1.807) is 18.3 Å². The van der Waals surface area contributed by atoms with Crippen LogP contribution in [0.25, 0.3) is 22.2 Å². The molecule has 1 fully saturated rings. The molecule has 1 aliphatic rings. The fraction of sp³-hybridized carbons (Fsp3) is 0.387. The van der Waals surface area contributed by atoms with Crippen LogP contribution in [0.1, 0.15) is 43.9 Å². The molecule has 43 heavy (non-hydrogen) atoms. The Balaban J connectivity index is 1.35. The zero-order chi connectivity index (χ0) is 30.7. The summed E-state index contributed by atoms with van der Waals surface area (Å²) in [6.07, 6.45) is 7.00. The molecule has 0 unspecified atom stereocenters. The molecule has 1 aliphatic carbocycles. The highest BCUT2D eigenvalue weighted by atomic mass is 32.2. The summed E-state index contributed by atoms with van der Waals surface area (Å²) in [5.74, 6) is -1.62. The average Bonchev–Trinajstić information content (AvgIpc) is 3.01. The van der Waals surface area contributed by atoms with Crippen LogP contribution in [0.4, 0.5) is 14.6 Å². The van der Waals surface area contributed by atoms with Gasteiger partial charge in [0.05, 0.1) is 36.6 Å². The summed E-state index contributed by atoms with van der Waals surface area (Å²) in [6.45, 7) is 1.82. The number of hydrogen-bond acceptors (Lipinski definition) is 8. The Hall–Kier alpha value is -3.74. The molecule has 2 aromatic heterocycles. The second-order valence-corrected chi connectivity index (χ2v) is 12.7. The van der Waals surface area contributed by atoms with Gasteiger partial charge in [-0.3, -0.25) is 4.98 Å². The number of rotatable bonds is 10. The molecule has 2 N–H and O–H groups in total. The summed E-state index contributed by atoms with van der Waals surface area (Å²) >= 11 is 0. The van der Waals surface area contributed by atoms with E-state index in [1.807, 2.05) is 12.1 Å². The molecular formula is C31H36F2N6O3S. The number of methoxy groups -OCH3 is 1. The molecule has 228 valence electrons. The Bertz CT molecular complexity index is 1730. The lowest BCUT2D eigenvalue weighted by molar-refractivity contribution is 0.221. The van der Waals surface area contributed by atoms with Gasteiger partial charge in [0.1, 0.15) is 10.7 Å². The number of aromatic nitrogens is 3. The SMILES string of the molecule is CCc1cc(-c2ccc(CNS(=O)(=O)c3cccc(F)c3F)nc2OC)cc2ncc(NC3CCC(N(C)C)CC3)nc12. The second-order valence-electron chi connectivity index (χ2n) is 11.0. The topological polar surface area (TPSA) is 109 Å². The molecule has 2 aromatic carbocycles. The Morgan fingerprint density at radius 3 is 2.51 bits per heavy atom. The van der Waals surface area contributed by atoms with Gasteiger partial charge in [0, 0.05) is 17.6 Å². The van der Waals surface area contributed by atoms with Crippen LogP contribution in [-0.4, -0.2) is 61.6 Å². The lowest BCUT2D eigenvalue weighted by Gasteiger charge is -2.33. The van der Waals surface area contributed by atoms with Crippen molar-refractivity contribution in [3.8, 4) is 17.0 Å². The minimum absolute atomic E-state index is 0.245. The fourth-order valence-corrected chi connectivity index (χ4v) is 6.60. The van der Waals surface area contributed by atoms with Crippen LogP contribution in [0.2, 0.25) is 0 Å². The van der Waals surface area contributed by atoms with Crippen LogP contribution in [0.3, 0.4) is 0 Å². The maximum Gasteiger partial charge on any atom is 0.243 e. The summed E-state index contributed by atoms with van der Waals surface area (Å²) in [5.41, 5.74) is 4.47. The molecule has 4 aromatic rings. The van der Waals surface area contributed by atoms with E-state index in [4.69, 9.17) is 14.7 Å². The standard InChI is InChI=1S/C31H36F2N6O3S/c1-5-19-15-20(16-26-30(19)38-28(18-34-26)36-21-9-12-23(13-10-21)39(2)3)24-14-11-22(37-31(24)42-4)17-35-43(40,41)27-8-6-7-25(32)29(27)33/h6-8,11,14-16,18,21,23,35H,5,9-10,12-13,17H2,1-4H3,(H,36,38). The molecule has 9 nitrogen and oxygen atoms in total. The Morgan fingerprint density at radius 1 is 1.05 bits per heavy atom. The number of benzene rings is 2. The summed E-state index contributed by atoms with van der Waals surface area (Å²) in [5, 5.41) is 3.58. The Labute approximate surface area is 250 Å². The van der Waals surface area contributed by atoms with Crippen molar-refractivity contribution in [2.24, 2.45) is 0 Å². The Morgan fingerprint density at radius 2 is 1.81 bits per heavy atom. The smallest absolute Gasteiger partial charge is 0.243 e. The van der Waals surface area contributed by atoms with E-state index in [-0.39, 0.29) is 12.4 Å². The molecule has 1 saturated carbocycles. The van der Waals surface area contributed by atoms with Crippen LogP contribution in [0.5, 0.6) is 5.88 Å². The molecular weight excluding hydrogens is 574 g/mol. The zero-order valence-electron chi connectivity index (χ0n) is 24.7. The first-order valence-electron chi connectivity index (χ1n) is 14.3. The van der Waals surface area contributed by atoms with Crippen LogP contribution >= 0.6 is 0 Å². The van der Waals surface area contributed by atoms with Gasteiger partial charge in [-0.05, 0) is 93.7 Å². The molecule has 0 aliphatic heterocycles. The number of nitrogens with one attached hydrogen (secondary N) is 2. The first-order valence-corrected chi connectivity index (χ1v) is 15.8. The highest BCUT2D eigenvalue weighted by molar-refractivity contribution is 7.89. The minimum Gasteiger partial charge on any atom is -0.481 e. The van der Waals surface area contributed by atoms with Gasteiger partial charge in [0.25, 0.3) is 0 Å². The number of fused-ring (bicyclic) bond motifs is 1. The van der Waals surface area contributed by atoms with Crippen molar-refractivity contribution in [3.05, 3.63) is 71.6 Å². The minimum atomic E-state index is -4.31. The quantitative estimate of drug-likeness (QED) is 0.249. The third-order valence-electron chi connectivity index (χ3n) is 7.96. The number of nitrogens with zero attached hydrogens (tertiary/aromatic N) is 4. The van der Waals surface area contributed by atoms with Gasteiger partial charge in [0.15, 0.2) is 11.6 Å². The van der Waals surface area contributed by atoms with Gasteiger partial charge >= 0.3 is 0 Å². The van der Waals surface area contributed by atoms with Crippen molar-refractivity contribution in [1.82, 2.24) is 24.6 Å². The number of aryl methyl sites for hydroxylation is 1. The van der Waals surface area contributed by atoms with E-state index in [2.05, 4.69) is 40.9 Å². The number of pyridine rings is 1. The number of sulfonamides is 1. The summed E-state index contributed by atoms with van der Waals surface area (Å²) in [7, 11) is 1.44. The highest BCUT2D eigenvalue weighted by Crippen LogP contribution is 2.33. The maximum absolute atomic E-state index is 14.1. The zero-order valence-corrected chi connectivity index (χ0v) is 25.5. The van der Waals surface area contributed by atoms with Gasteiger partial charge < -0.3 is 15.0 Å². The third kappa shape index (κ3) is 6.76. The van der Waals surface area contributed by atoms with Crippen LogP contribution in [0.15, 0.2) is 53.6 Å². The second kappa shape index (κ2) is 12.9. The summed E-state index contributed by atoms with van der Waals surface area (Å²) in [6, 6.07) is 11.4. The van der Waals surface area contributed by atoms with Crippen LogP contribution < -0.4 is 14.8 Å². The molecule has 0 radical (unpaired) electrons. The fourth-order valence-electron chi connectivity index (χ4n) is 5.52. The molecule has 0 bridgehead atoms. The van der Waals surface area contributed by atoms with E-state index in [9.17, 15) is 17.2 Å². The monoisotopic (exact) mass is 610 g/mol. The molecule has 0 atom stereocenters. The van der Waals surface area contributed by atoms with Crippen LogP contribution in [-0.2, 0) is 23.0 Å². The number of hydrogen-bond donors (Lipinski definition) is 2. The van der Waals surface area contributed by atoms with Crippen molar-refractivity contribution >= 4 is 26.9 Å². The lowest BCUT2D eigenvalue weighted by Crippen LogP contribution is -2.36. The van der Waals surface area contributed by atoms with Crippen LogP contribution in [0, 0.1) is 11.6 Å². The lowest BCUT2D eigenvalue weighted by atomic mass is 9.90. The molecule has 0 spiro atoms. The van der Waals surface area contributed by atoms with Gasteiger partial charge in [-0.15, -0.1) is 0 Å². The van der Waals surface area contributed by atoms with E-state index in [0.717, 1.165) is 78.3 Å². The van der Waals surface area contributed by atoms with E-state index >= 15 is 0 Å². The molecule has 0 saturated heterocycles. The van der Waals surface area contributed by atoms with Crippen molar-refractivity contribution in [2.75, 3.05) is 26.5 Å². The van der Waals surface area contributed by atoms with E-state index in [1.165, 1.54) is 7.11 Å². The largest absolute Gasteiger partial charge is 0.481 e. The number of ether oxygens (including phenoxy) is 1. The predicted molar refractivity (Wildman–Crippen MR) is 162 cm³/mol. The van der Waals surface area contributed by atoms with E-state index in [0.29, 0.717) is 23.3 Å². The van der Waals surface area contributed by atoms with Crippen molar-refractivity contribution in [3.63, 3.8) is 0 Å². The average molecular weight is 611 g/mol. The van der Waals surface area contributed by atoms with Crippen molar-refractivity contribution in [1.29, 1.82) is 0 Å². The molecule has 0 amide bonds. The third-order valence-corrected chi connectivity index (χ3v) is 9.38. The summed E-state index contributed by atoms with van der Waals surface area (Å²) in [4.78, 5) is 15.7. The number of halogens is 2. The molecule has 5 rings (SSSR count). The molecule has 2 heterocycles. The number of anilines is 1. The molecule has 12 heteroatoms. The van der Waals surface area contributed by atoms with Gasteiger partial charge in [-0.2, -0.15) is 0 Å². The van der Waals surface area contributed by atoms with Crippen molar-refractivity contribution in [2.45, 2.75) is 62.6 Å². The van der Waals surface area contributed by atoms with Gasteiger partial charge in [0.2, 0.25) is 15.9 Å². The first kappa shape index (κ1) is 30.7. The van der Waals surface area contributed by atoms with Crippen molar-refractivity contribution < 1.29 is 21.9 Å². The highest BCUT2D eigenvalue weighted by Gasteiger charge is 2.24. The predicted octanol–water partition coefficient (Wildman–Crippen LogP) is 5.30. The normalized spacial score (nSPS) is 17.4. The van der Waals surface area contributed by atoms with Gasteiger partial charge in [-0.25, -0.2) is 31.9 Å². The van der Waals surface area contributed by atoms with E-state index < -0.39 is 26.6 Å².